The summed E-state index contributed by atoms with van der Waals surface area (Å²) >= 11 is 7.04. The second kappa shape index (κ2) is 7.76. The number of aryl methyl sites for hydroxylation is 1. The molecular weight excluding hydrogens is 412 g/mol. The van der Waals surface area contributed by atoms with Crippen LogP contribution in [-0.4, -0.2) is 30.6 Å². The summed E-state index contributed by atoms with van der Waals surface area (Å²) < 4.78 is 2.35. The number of carbonyl (C=O) groups is 1. The van der Waals surface area contributed by atoms with Crippen LogP contribution >= 0.6 is 23.4 Å². The van der Waals surface area contributed by atoms with E-state index in [1.165, 1.54) is 11.6 Å². The molecule has 0 spiro atoms. The predicted molar refractivity (Wildman–Crippen MR) is 115 cm³/mol. The molecule has 2 aromatic heterocycles. The number of carbonyl (C=O) groups excluding carboxylic acids is 1. The lowest BCUT2D eigenvalue weighted by atomic mass is 9.96. The van der Waals surface area contributed by atoms with E-state index in [2.05, 4.69) is 9.97 Å². The minimum absolute atomic E-state index is 0.0866. The van der Waals surface area contributed by atoms with Gasteiger partial charge in [-0.15, -0.1) is 0 Å². The van der Waals surface area contributed by atoms with Crippen molar-refractivity contribution in [3.05, 3.63) is 61.5 Å². The molecular formula is C20H21ClN4O3S. The Morgan fingerprint density at radius 3 is 2.28 bits per heavy atom. The zero-order chi connectivity index (χ0) is 21.5. The Morgan fingerprint density at radius 2 is 1.69 bits per heavy atom. The van der Waals surface area contributed by atoms with E-state index in [0.717, 1.165) is 16.3 Å². The van der Waals surface area contributed by atoms with Crippen LogP contribution in [0.1, 0.15) is 37.0 Å². The topological polar surface area (TPSA) is 86.8 Å². The lowest BCUT2D eigenvalue weighted by molar-refractivity contribution is 0.102. The van der Waals surface area contributed by atoms with Crippen molar-refractivity contribution in [1.29, 1.82) is 0 Å². The van der Waals surface area contributed by atoms with Gasteiger partial charge in [0.25, 0.3) is 5.56 Å². The summed E-state index contributed by atoms with van der Waals surface area (Å²) in [6.45, 7) is 5.84. The van der Waals surface area contributed by atoms with Gasteiger partial charge in [-0.25, -0.2) is 14.8 Å². The number of aromatic nitrogens is 4. The summed E-state index contributed by atoms with van der Waals surface area (Å²) in [5.74, 6) is 0.468. The number of fused-ring (bicyclic) bond motifs is 1. The van der Waals surface area contributed by atoms with Crippen LogP contribution in [0.15, 0.2) is 38.9 Å². The van der Waals surface area contributed by atoms with Crippen molar-refractivity contribution >= 4 is 40.2 Å². The SMILES string of the molecule is Cn1c(=O)c2c(SCC(=O)c3ccc(Cl)cc3)nc(C(C)(C)C)nc2n(C)c1=O. The maximum Gasteiger partial charge on any atom is 0.332 e. The highest BCUT2D eigenvalue weighted by Crippen LogP contribution is 2.27. The molecule has 0 atom stereocenters. The summed E-state index contributed by atoms with van der Waals surface area (Å²) in [6, 6.07) is 6.63. The molecule has 1 aromatic carbocycles. The van der Waals surface area contributed by atoms with Crippen LogP contribution in [0.25, 0.3) is 11.0 Å². The van der Waals surface area contributed by atoms with Crippen LogP contribution in [0.4, 0.5) is 0 Å². The smallest absolute Gasteiger partial charge is 0.293 e. The maximum absolute atomic E-state index is 12.8. The van der Waals surface area contributed by atoms with Crippen LogP contribution < -0.4 is 11.2 Å². The highest BCUT2D eigenvalue weighted by Gasteiger charge is 2.24. The summed E-state index contributed by atoms with van der Waals surface area (Å²) in [7, 11) is 2.98. The maximum atomic E-state index is 12.8. The Bertz CT molecular complexity index is 1220. The Kier molecular flexibility index (Phi) is 5.69. The fourth-order valence-electron chi connectivity index (χ4n) is 2.72. The molecule has 0 bridgehead atoms. The first kappa shape index (κ1) is 21.3. The molecule has 0 saturated carbocycles. The molecule has 3 rings (SSSR count). The Hall–Kier alpha value is -2.45. The van der Waals surface area contributed by atoms with Crippen LogP contribution in [-0.2, 0) is 19.5 Å². The second-order valence-electron chi connectivity index (χ2n) is 7.73. The van der Waals surface area contributed by atoms with E-state index in [1.807, 2.05) is 20.8 Å². The van der Waals surface area contributed by atoms with Gasteiger partial charge in [0.2, 0.25) is 0 Å². The summed E-state index contributed by atoms with van der Waals surface area (Å²) in [6.07, 6.45) is 0. The molecule has 0 unspecified atom stereocenters. The summed E-state index contributed by atoms with van der Waals surface area (Å²) in [5, 5.41) is 1.17. The number of benzene rings is 1. The van der Waals surface area contributed by atoms with Gasteiger partial charge in [0.15, 0.2) is 11.4 Å². The summed E-state index contributed by atoms with van der Waals surface area (Å²) in [4.78, 5) is 46.8. The number of Topliss-reactive ketones (excluding diaryl/α,β-unsaturated/α-hetero) is 1. The van der Waals surface area contributed by atoms with Crippen molar-refractivity contribution in [3.8, 4) is 0 Å². The molecule has 0 aliphatic carbocycles. The van der Waals surface area contributed by atoms with E-state index in [9.17, 15) is 14.4 Å². The standard InChI is InChI=1S/C20H21ClN4O3S/c1-20(2,3)18-22-15-14(17(27)25(5)19(28)24(15)4)16(23-18)29-10-13(26)11-6-8-12(21)9-7-11/h6-9H,10H2,1-5H3. The van der Waals surface area contributed by atoms with Gasteiger partial charge in [-0.3, -0.25) is 18.7 Å². The second-order valence-corrected chi connectivity index (χ2v) is 9.13. The van der Waals surface area contributed by atoms with Crippen molar-refractivity contribution in [2.45, 2.75) is 31.2 Å². The minimum atomic E-state index is -0.481. The molecule has 0 saturated heterocycles. The number of nitrogens with zero attached hydrogens (tertiary/aromatic N) is 4. The fraction of sp³-hybridized carbons (Fsp3) is 0.350. The molecule has 9 heteroatoms. The lowest BCUT2D eigenvalue weighted by Gasteiger charge is -2.19. The monoisotopic (exact) mass is 432 g/mol. The molecule has 0 aliphatic rings. The molecule has 152 valence electrons. The lowest BCUT2D eigenvalue weighted by Crippen LogP contribution is -2.38. The number of hydrogen-bond acceptors (Lipinski definition) is 6. The zero-order valence-corrected chi connectivity index (χ0v) is 18.4. The predicted octanol–water partition coefficient (Wildman–Crippen LogP) is 2.95. The first-order valence-corrected chi connectivity index (χ1v) is 10.3. The van der Waals surface area contributed by atoms with Gasteiger partial charge < -0.3 is 0 Å². The van der Waals surface area contributed by atoms with Crippen molar-refractivity contribution < 1.29 is 4.79 Å². The highest BCUT2D eigenvalue weighted by atomic mass is 35.5. The Balaban J connectivity index is 2.12. The van der Waals surface area contributed by atoms with Gasteiger partial charge >= 0.3 is 5.69 Å². The first-order chi connectivity index (χ1) is 13.5. The average molecular weight is 433 g/mol. The highest BCUT2D eigenvalue weighted by molar-refractivity contribution is 8.00. The van der Waals surface area contributed by atoms with Gasteiger partial charge in [0, 0.05) is 30.1 Å². The van der Waals surface area contributed by atoms with E-state index in [1.54, 1.807) is 31.3 Å². The third kappa shape index (κ3) is 4.13. The zero-order valence-electron chi connectivity index (χ0n) is 16.8. The van der Waals surface area contributed by atoms with Gasteiger partial charge in [0.05, 0.1) is 5.75 Å². The molecule has 0 aliphatic heterocycles. The van der Waals surface area contributed by atoms with Crippen LogP contribution in [0.5, 0.6) is 0 Å². The van der Waals surface area contributed by atoms with Gasteiger partial charge in [-0.1, -0.05) is 44.1 Å². The van der Waals surface area contributed by atoms with Gasteiger partial charge in [-0.2, -0.15) is 0 Å². The minimum Gasteiger partial charge on any atom is -0.293 e. The van der Waals surface area contributed by atoms with E-state index >= 15 is 0 Å². The third-order valence-electron chi connectivity index (χ3n) is 4.44. The van der Waals surface area contributed by atoms with Gasteiger partial charge in [-0.05, 0) is 24.3 Å². The molecule has 7 nitrogen and oxygen atoms in total. The average Bonchev–Trinajstić information content (AvgIpc) is 2.67. The molecule has 29 heavy (non-hydrogen) atoms. The van der Waals surface area contributed by atoms with Gasteiger partial charge in [0.1, 0.15) is 16.2 Å². The summed E-state index contributed by atoms with van der Waals surface area (Å²) in [5.41, 5.74) is -0.559. The van der Waals surface area contributed by atoms with E-state index in [0.29, 0.717) is 21.4 Å². The largest absolute Gasteiger partial charge is 0.332 e. The van der Waals surface area contributed by atoms with Crippen molar-refractivity contribution in [3.63, 3.8) is 0 Å². The first-order valence-electron chi connectivity index (χ1n) is 8.90. The molecule has 2 heterocycles. The third-order valence-corrected chi connectivity index (χ3v) is 5.67. The Morgan fingerprint density at radius 1 is 1.07 bits per heavy atom. The number of ketones is 1. The molecule has 3 aromatic rings. The Labute approximate surface area is 176 Å². The molecule has 0 N–H and O–H groups in total. The molecule has 0 amide bonds. The van der Waals surface area contributed by atoms with Crippen molar-refractivity contribution in [1.82, 2.24) is 19.1 Å². The number of halogens is 1. The van der Waals surface area contributed by atoms with Crippen LogP contribution in [0.2, 0.25) is 5.02 Å². The van der Waals surface area contributed by atoms with Crippen molar-refractivity contribution in [2.75, 3.05) is 5.75 Å². The quantitative estimate of drug-likeness (QED) is 0.358. The molecule has 0 fully saturated rings. The number of thioether (sulfide) groups is 1. The van der Waals surface area contributed by atoms with Crippen LogP contribution in [0, 0.1) is 0 Å². The van der Waals surface area contributed by atoms with E-state index in [-0.39, 0.29) is 22.6 Å². The van der Waals surface area contributed by atoms with Crippen LogP contribution in [0.3, 0.4) is 0 Å². The molecule has 0 radical (unpaired) electrons. The van der Waals surface area contributed by atoms with Crippen molar-refractivity contribution in [2.24, 2.45) is 14.1 Å². The fourth-order valence-corrected chi connectivity index (χ4v) is 3.76. The number of rotatable bonds is 4. The van der Waals surface area contributed by atoms with E-state index in [4.69, 9.17) is 11.6 Å². The normalized spacial score (nSPS) is 11.8. The van der Waals surface area contributed by atoms with E-state index < -0.39 is 16.7 Å². The number of hydrogen-bond donors (Lipinski definition) is 0.